The molecule has 0 bridgehead atoms. The molecule has 1 rings (SSSR count). The van der Waals surface area contributed by atoms with Crippen molar-refractivity contribution in [3.8, 4) is 0 Å². The van der Waals surface area contributed by atoms with Gasteiger partial charge in [0.05, 0.1) is 16.0 Å². The van der Waals surface area contributed by atoms with Crippen LogP contribution in [0, 0.1) is 10.1 Å². The molecule has 0 amide bonds. The van der Waals surface area contributed by atoms with Gasteiger partial charge in [-0.15, -0.1) is 0 Å². The van der Waals surface area contributed by atoms with Crippen LogP contribution in [-0.2, 0) is 11.3 Å². The van der Waals surface area contributed by atoms with Crippen molar-refractivity contribution in [3.63, 3.8) is 0 Å². The number of rotatable bonds is 10. The summed E-state index contributed by atoms with van der Waals surface area (Å²) >= 11 is 3.17. The molecule has 0 saturated carbocycles. The van der Waals surface area contributed by atoms with Crippen molar-refractivity contribution >= 4 is 21.6 Å². The van der Waals surface area contributed by atoms with Gasteiger partial charge in [0, 0.05) is 12.7 Å². The molecule has 1 aromatic rings. The van der Waals surface area contributed by atoms with Gasteiger partial charge in [0.1, 0.15) is 0 Å². The maximum absolute atomic E-state index is 10.8. The lowest BCUT2D eigenvalue weighted by Crippen LogP contribution is -1.97. The number of ether oxygens (including phenoxy) is 1. The molecule has 0 aliphatic heterocycles. The minimum absolute atomic E-state index is 0.0886. The molecule has 0 atom stereocenters. The fraction of sp³-hybridized carbons (Fsp3) is 0.600. The molecule has 0 saturated heterocycles. The molecular weight excluding hydrogens is 322 g/mol. The molecule has 0 N–H and O–H groups in total. The molecule has 0 aromatic heterocycles. The summed E-state index contributed by atoms with van der Waals surface area (Å²) in [7, 11) is 0. The van der Waals surface area contributed by atoms with Crippen LogP contribution >= 0.6 is 15.9 Å². The van der Waals surface area contributed by atoms with Gasteiger partial charge in [-0.3, -0.25) is 10.1 Å². The van der Waals surface area contributed by atoms with Gasteiger partial charge in [-0.1, -0.05) is 45.1 Å². The summed E-state index contributed by atoms with van der Waals surface area (Å²) in [6.45, 7) is 3.36. The fourth-order valence-corrected chi connectivity index (χ4v) is 2.35. The van der Waals surface area contributed by atoms with E-state index in [1.165, 1.54) is 32.1 Å². The lowest BCUT2D eigenvalue weighted by molar-refractivity contribution is -0.385. The molecular formula is C15H22BrNO3. The zero-order chi connectivity index (χ0) is 14.8. The van der Waals surface area contributed by atoms with Crippen molar-refractivity contribution in [2.24, 2.45) is 0 Å². The molecule has 0 fully saturated rings. The Morgan fingerprint density at radius 2 is 1.90 bits per heavy atom. The van der Waals surface area contributed by atoms with Gasteiger partial charge in [0.15, 0.2) is 0 Å². The molecule has 0 aliphatic carbocycles. The van der Waals surface area contributed by atoms with E-state index < -0.39 is 0 Å². The highest BCUT2D eigenvalue weighted by molar-refractivity contribution is 9.10. The van der Waals surface area contributed by atoms with E-state index in [0.29, 0.717) is 11.1 Å². The summed E-state index contributed by atoms with van der Waals surface area (Å²) in [6, 6.07) is 5.10. The summed E-state index contributed by atoms with van der Waals surface area (Å²) in [5.41, 5.74) is 0.927. The Kier molecular flexibility index (Phi) is 8.46. The van der Waals surface area contributed by atoms with Crippen molar-refractivity contribution < 1.29 is 9.66 Å². The molecule has 0 unspecified atom stereocenters. The molecule has 20 heavy (non-hydrogen) atoms. The zero-order valence-corrected chi connectivity index (χ0v) is 13.5. The first-order chi connectivity index (χ1) is 9.65. The predicted molar refractivity (Wildman–Crippen MR) is 83.8 cm³/mol. The van der Waals surface area contributed by atoms with E-state index in [1.54, 1.807) is 12.1 Å². The Morgan fingerprint density at radius 3 is 2.60 bits per heavy atom. The van der Waals surface area contributed by atoms with Crippen LogP contribution in [0.1, 0.15) is 51.0 Å². The molecule has 0 spiro atoms. The largest absolute Gasteiger partial charge is 0.377 e. The second-order valence-corrected chi connectivity index (χ2v) is 5.72. The van der Waals surface area contributed by atoms with Crippen molar-refractivity contribution in [2.75, 3.05) is 6.61 Å². The van der Waals surface area contributed by atoms with Gasteiger partial charge in [0.2, 0.25) is 0 Å². The average molecular weight is 344 g/mol. The molecule has 1 aromatic carbocycles. The molecule has 0 heterocycles. The van der Waals surface area contributed by atoms with E-state index in [1.807, 2.05) is 6.07 Å². The van der Waals surface area contributed by atoms with E-state index in [-0.39, 0.29) is 10.6 Å². The lowest BCUT2D eigenvalue weighted by atomic mass is 10.1. The molecule has 4 nitrogen and oxygen atoms in total. The topological polar surface area (TPSA) is 52.4 Å². The molecule has 112 valence electrons. The predicted octanol–water partition coefficient (Wildman–Crippen LogP) is 5.23. The van der Waals surface area contributed by atoms with Crippen LogP contribution in [0.3, 0.4) is 0 Å². The highest BCUT2D eigenvalue weighted by Crippen LogP contribution is 2.25. The van der Waals surface area contributed by atoms with Gasteiger partial charge in [-0.05, 0) is 34.0 Å². The van der Waals surface area contributed by atoms with Crippen molar-refractivity contribution in [1.82, 2.24) is 0 Å². The summed E-state index contributed by atoms with van der Waals surface area (Å²) in [4.78, 5) is 10.4. The normalized spacial score (nSPS) is 10.7. The molecule has 5 heteroatoms. The van der Waals surface area contributed by atoms with Crippen LogP contribution in [0.5, 0.6) is 0 Å². The first-order valence-electron chi connectivity index (χ1n) is 7.15. The van der Waals surface area contributed by atoms with E-state index in [0.717, 1.165) is 18.6 Å². The van der Waals surface area contributed by atoms with Gasteiger partial charge < -0.3 is 4.74 Å². The van der Waals surface area contributed by atoms with E-state index >= 15 is 0 Å². The quantitative estimate of drug-likeness (QED) is 0.332. The van der Waals surface area contributed by atoms with Crippen LogP contribution in [0.15, 0.2) is 22.7 Å². The average Bonchev–Trinajstić information content (AvgIpc) is 2.43. The monoisotopic (exact) mass is 343 g/mol. The number of hydrogen-bond donors (Lipinski definition) is 0. The summed E-state index contributed by atoms with van der Waals surface area (Å²) in [5, 5.41) is 10.8. The van der Waals surface area contributed by atoms with Crippen LogP contribution < -0.4 is 0 Å². The Morgan fingerprint density at radius 1 is 1.20 bits per heavy atom. The van der Waals surface area contributed by atoms with Gasteiger partial charge >= 0.3 is 0 Å². The third-order valence-electron chi connectivity index (χ3n) is 3.12. The summed E-state index contributed by atoms with van der Waals surface area (Å²) < 4.78 is 6.06. The van der Waals surface area contributed by atoms with Crippen LogP contribution in [0.4, 0.5) is 5.69 Å². The molecule has 0 radical (unpaired) electrons. The number of hydrogen-bond acceptors (Lipinski definition) is 3. The van der Waals surface area contributed by atoms with E-state index in [2.05, 4.69) is 22.9 Å². The Hall–Kier alpha value is -0.940. The standard InChI is InChI=1S/C15H22BrNO3/c1-2-3-4-5-6-7-10-20-12-13-8-9-14(16)15(11-13)17(18)19/h8-9,11H,2-7,10,12H2,1H3. The van der Waals surface area contributed by atoms with E-state index in [4.69, 9.17) is 4.74 Å². The van der Waals surface area contributed by atoms with Crippen LogP contribution in [0.25, 0.3) is 0 Å². The third kappa shape index (κ3) is 6.48. The van der Waals surface area contributed by atoms with Crippen molar-refractivity contribution in [1.29, 1.82) is 0 Å². The summed E-state index contributed by atoms with van der Waals surface area (Å²) in [6.07, 6.45) is 7.39. The highest BCUT2D eigenvalue weighted by Gasteiger charge is 2.12. The van der Waals surface area contributed by atoms with Crippen LogP contribution in [0.2, 0.25) is 0 Å². The number of halogens is 1. The maximum atomic E-state index is 10.8. The Balaban J connectivity index is 2.22. The lowest BCUT2D eigenvalue weighted by Gasteiger charge is -2.05. The minimum Gasteiger partial charge on any atom is -0.377 e. The Labute approximate surface area is 128 Å². The zero-order valence-electron chi connectivity index (χ0n) is 11.9. The minimum atomic E-state index is -0.388. The number of unbranched alkanes of at least 4 members (excludes halogenated alkanes) is 5. The van der Waals surface area contributed by atoms with E-state index in [9.17, 15) is 10.1 Å². The first-order valence-corrected chi connectivity index (χ1v) is 7.95. The maximum Gasteiger partial charge on any atom is 0.283 e. The molecule has 0 aliphatic rings. The SMILES string of the molecule is CCCCCCCCOCc1ccc(Br)c([N+](=O)[O-])c1. The van der Waals surface area contributed by atoms with Gasteiger partial charge in [-0.2, -0.15) is 0 Å². The van der Waals surface area contributed by atoms with Crippen molar-refractivity contribution in [3.05, 3.63) is 38.3 Å². The fourth-order valence-electron chi connectivity index (χ4n) is 1.96. The smallest absolute Gasteiger partial charge is 0.283 e. The van der Waals surface area contributed by atoms with Crippen LogP contribution in [-0.4, -0.2) is 11.5 Å². The van der Waals surface area contributed by atoms with Gasteiger partial charge in [0.25, 0.3) is 5.69 Å². The first kappa shape index (κ1) is 17.1. The number of nitro benzene ring substituents is 1. The number of nitro groups is 1. The number of benzene rings is 1. The number of nitrogens with zero attached hydrogens (tertiary/aromatic N) is 1. The second kappa shape index (κ2) is 9.88. The van der Waals surface area contributed by atoms with Crippen molar-refractivity contribution in [2.45, 2.75) is 52.1 Å². The van der Waals surface area contributed by atoms with Gasteiger partial charge in [-0.25, -0.2) is 0 Å². The summed E-state index contributed by atoms with van der Waals surface area (Å²) in [5.74, 6) is 0. The highest BCUT2D eigenvalue weighted by atomic mass is 79.9. The third-order valence-corrected chi connectivity index (χ3v) is 3.79. The second-order valence-electron chi connectivity index (χ2n) is 4.86. The Bertz CT molecular complexity index is 424.